The summed E-state index contributed by atoms with van der Waals surface area (Å²) in [6.45, 7) is 6.97. The predicted molar refractivity (Wildman–Crippen MR) is 121 cm³/mol. The van der Waals surface area contributed by atoms with Crippen LogP contribution in [0.1, 0.15) is 56.2 Å². The summed E-state index contributed by atoms with van der Waals surface area (Å²) in [5.74, 6) is 1.26. The lowest BCUT2D eigenvalue weighted by Gasteiger charge is -2.12. The van der Waals surface area contributed by atoms with Gasteiger partial charge in [-0.15, -0.1) is 0 Å². The van der Waals surface area contributed by atoms with Crippen LogP contribution >= 0.6 is 0 Å². The van der Waals surface area contributed by atoms with Gasteiger partial charge in [0.25, 0.3) is 0 Å². The average Bonchev–Trinajstić information content (AvgIpc) is 2.74. The molecule has 0 aliphatic heterocycles. The molecule has 1 amide bonds. The van der Waals surface area contributed by atoms with E-state index in [1.807, 2.05) is 43.3 Å². The largest absolute Gasteiger partial charge is 0.493 e. The number of ether oxygens (including phenoxy) is 2. The Morgan fingerprint density at radius 1 is 1.07 bits per heavy atom. The molecule has 0 aliphatic carbocycles. The van der Waals surface area contributed by atoms with Crippen LogP contribution in [0.4, 0.5) is 5.69 Å². The summed E-state index contributed by atoms with van der Waals surface area (Å²) in [7, 11) is 1.63. The molecular weight excluding hydrogens is 362 g/mol. The van der Waals surface area contributed by atoms with Crippen LogP contribution in [0.3, 0.4) is 0 Å². The van der Waals surface area contributed by atoms with Crippen molar-refractivity contribution in [3.05, 3.63) is 59.2 Å². The molecule has 0 spiro atoms. The number of methoxy groups -OCH3 is 1. The van der Waals surface area contributed by atoms with E-state index in [1.165, 1.54) is 19.3 Å². The number of carbonyl (C=O) groups excluding carboxylic acids is 1. The quantitative estimate of drug-likeness (QED) is 0.365. The van der Waals surface area contributed by atoms with E-state index in [0.717, 1.165) is 41.0 Å². The molecule has 0 aromatic heterocycles. The van der Waals surface area contributed by atoms with Gasteiger partial charge in [0.05, 0.1) is 13.7 Å². The summed E-state index contributed by atoms with van der Waals surface area (Å²) >= 11 is 0. The molecule has 0 radical (unpaired) electrons. The Morgan fingerprint density at radius 3 is 2.62 bits per heavy atom. The van der Waals surface area contributed by atoms with E-state index in [2.05, 4.69) is 19.2 Å². The van der Waals surface area contributed by atoms with Gasteiger partial charge in [-0.05, 0) is 54.7 Å². The molecule has 4 heteroatoms. The van der Waals surface area contributed by atoms with Gasteiger partial charge < -0.3 is 14.8 Å². The molecule has 2 aromatic rings. The fourth-order valence-corrected chi connectivity index (χ4v) is 3.16. The molecule has 2 aromatic carbocycles. The van der Waals surface area contributed by atoms with Gasteiger partial charge in [-0.3, -0.25) is 4.79 Å². The van der Waals surface area contributed by atoms with Crippen molar-refractivity contribution < 1.29 is 14.3 Å². The standard InChI is InChI=1S/C25H33NO3/c1-5-7-8-9-17-29-22-15-13-20(18-23(22)28-4)14-16-24(27)26-25-19(3)11-10-12-21(25)6-2/h10-16,18H,5-9,17H2,1-4H3,(H,26,27). The number of nitrogens with one attached hydrogen (secondary N) is 1. The van der Waals surface area contributed by atoms with Gasteiger partial charge in [-0.2, -0.15) is 0 Å². The van der Waals surface area contributed by atoms with Crippen LogP contribution < -0.4 is 14.8 Å². The van der Waals surface area contributed by atoms with Crippen LogP contribution in [0.2, 0.25) is 0 Å². The number of hydrogen-bond donors (Lipinski definition) is 1. The first kappa shape index (κ1) is 22.5. The monoisotopic (exact) mass is 395 g/mol. The van der Waals surface area contributed by atoms with Gasteiger partial charge in [0, 0.05) is 11.8 Å². The van der Waals surface area contributed by atoms with Crippen LogP contribution in [0.15, 0.2) is 42.5 Å². The minimum atomic E-state index is -0.149. The van der Waals surface area contributed by atoms with E-state index in [0.29, 0.717) is 12.4 Å². The Labute approximate surface area is 174 Å². The number of aryl methyl sites for hydroxylation is 2. The third kappa shape index (κ3) is 6.97. The molecule has 1 N–H and O–H groups in total. The van der Waals surface area contributed by atoms with Crippen LogP contribution in [-0.4, -0.2) is 19.6 Å². The first-order chi connectivity index (χ1) is 14.1. The molecule has 156 valence electrons. The van der Waals surface area contributed by atoms with E-state index >= 15 is 0 Å². The normalized spacial score (nSPS) is 10.9. The topological polar surface area (TPSA) is 47.6 Å². The highest BCUT2D eigenvalue weighted by Gasteiger charge is 2.08. The number of rotatable bonds is 11. The molecule has 0 atom stereocenters. The van der Waals surface area contributed by atoms with Crippen LogP contribution in [0, 0.1) is 6.92 Å². The van der Waals surface area contributed by atoms with Crippen LogP contribution in [0.25, 0.3) is 6.08 Å². The third-order valence-electron chi connectivity index (χ3n) is 4.86. The zero-order valence-corrected chi connectivity index (χ0v) is 18.1. The Kier molecular flexibility index (Phi) is 9.29. The summed E-state index contributed by atoms with van der Waals surface area (Å²) in [5.41, 5.74) is 3.98. The second-order valence-electron chi connectivity index (χ2n) is 7.10. The molecule has 4 nitrogen and oxygen atoms in total. The molecule has 2 rings (SSSR count). The second kappa shape index (κ2) is 11.9. The summed E-state index contributed by atoms with van der Waals surface area (Å²) in [5, 5.41) is 3.00. The minimum absolute atomic E-state index is 0.149. The zero-order chi connectivity index (χ0) is 21.1. The minimum Gasteiger partial charge on any atom is -0.493 e. The first-order valence-corrected chi connectivity index (χ1v) is 10.5. The lowest BCUT2D eigenvalue weighted by molar-refractivity contribution is -0.111. The van der Waals surface area contributed by atoms with Crippen molar-refractivity contribution in [1.29, 1.82) is 0 Å². The first-order valence-electron chi connectivity index (χ1n) is 10.5. The molecule has 0 saturated carbocycles. The van der Waals surface area contributed by atoms with Gasteiger partial charge in [-0.25, -0.2) is 0 Å². The maximum Gasteiger partial charge on any atom is 0.248 e. The lowest BCUT2D eigenvalue weighted by atomic mass is 10.1. The average molecular weight is 396 g/mol. The highest BCUT2D eigenvalue weighted by molar-refractivity contribution is 6.02. The summed E-state index contributed by atoms with van der Waals surface area (Å²) in [6.07, 6.45) is 8.86. The van der Waals surface area contributed by atoms with Gasteiger partial charge in [0.2, 0.25) is 5.91 Å². The molecule has 0 bridgehead atoms. The highest BCUT2D eigenvalue weighted by Crippen LogP contribution is 2.29. The van der Waals surface area contributed by atoms with Crippen molar-refractivity contribution in [3.63, 3.8) is 0 Å². The Balaban J connectivity index is 2.00. The van der Waals surface area contributed by atoms with Crippen molar-refractivity contribution in [2.24, 2.45) is 0 Å². The molecule has 0 aliphatic rings. The number of amides is 1. The fourth-order valence-electron chi connectivity index (χ4n) is 3.16. The molecule has 0 fully saturated rings. The van der Waals surface area contributed by atoms with Crippen molar-refractivity contribution >= 4 is 17.7 Å². The third-order valence-corrected chi connectivity index (χ3v) is 4.86. The fraction of sp³-hybridized carbons (Fsp3) is 0.400. The van der Waals surface area contributed by atoms with Gasteiger partial charge in [0.1, 0.15) is 0 Å². The summed E-state index contributed by atoms with van der Waals surface area (Å²) < 4.78 is 11.3. The van der Waals surface area contributed by atoms with Crippen molar-refractivity contribution in [1.82, 2.24) is 0 Å². The molecule has 0 saturated heterocycles. The highest BCUT2D eigenvalue weighted by atomic mass is 16.5. The van der Waals surface area contributed by atoms with Gasteiger partial charge in [-0.1, -0.05) is 57.4 Å². The maximum atomic E-state index is 12.4. The van der Waals surface area contributed by atoms with E-state index in [9.17, 15) is 4.79 Å². The predicted octanol–water partition coefficient (Wildman–Crippen LogP) is 6.18. The number of para-hydroxylation sites is 1. The Morgan fingerprint density at radius 2 is 1.90 bits per heavy atom. The number of benzene rings is 2. The Hall–Kier alpha value is -2.75. The second-order valence-corrected chi connectivity index (χ2v) is 7.10. The number of unbranched alkanes of at least 4 members (excludes halogenated alkanes) is 3. The number of anilines is 1. The van der Waals surface area contributed by atoms with E-state index in [4.69, 9.17) is 9.47 Å². The van der Waals surface area contributed by atoms with Crippen molar-refractivity contribution in [3.8, 4) is 11.5 Å². The van der Waals surface area contributed by atoms with E-state index in [1.54, 1.807) is 19.3 Å². The smallest absolute Gasteiger partial charge is 0.248 e. The zero-order valence-electron chi connectivity index (χ0n) is 18.1. The van der Waals surface area contributed by atoms with Gasteiger partial charge in [0.15, 0.2) is 11.5 Å². The molecule has 29 heavy (non-hydrogen) atoms. The van der Waals surface area contributed by atoms with Crippen LogP contribution in [-0.2, 0) is 11.2 Å². The Bertz CT molecular complexity index is 827. The van der Waals surface area contributed by atoms with Crippen molar-refractivity contribution in [2.75, 3.05) is 19.0 Å². The molecular formula is C25H33NO3. The van der Waals surface area contributed by atoms with Crippen molar-refractivity contribution in [2.45, 2.75) is 52.9 Å². The van der Waals surface area contributed by atoms with Crippen LogP contribution in [0.5, 0.6) is 11.5 Å². The summed E-state index contributed by atoms with van der Waals surface area (Å²) in [4.78, 5) is 12.4. The van der Waals surface area contributed by atoms with E-state index in [-0.39, 0.29) is 5.91 Å². The van der Waals surface area contributed by atoms with Gasteiger partial charge >= 0.3 is 0 Å². The van der Waals surface area contributed by atoms with E-state index < -0.39 is 0 Å². The number of carbonyl (C=O) groups is 1. The maximum absolute atomic E-state index is 12.4. The SMILES string of the molecule is CCCCCCOc1ccc(C=CC(=O)Nc2c(C)cccc2CC)cc1OC. The molecule has 0 unspecified atom stereocenters. The lowest BCUT2D eigenvalue weighted by Crippen LogP contribution is -2.11. The summed E-state index contributed by atoms with van der Waals surface area (Å²) in [6, 6.07) is 11.8. The molecule has 0 heterocycles. The number of hydrogen-bond acceptors (Lipinski definition) is 3.